The van der Waals surface area contributed by atoms with Crippen molar-refractivity contribution >= 4 is 21.8 Å². The van der Waals surface area contributed by atoms with Gasteiger partial charge in [-0.3, -0.25) is 4.79 Å². The van der Waals surface area contributed by atoms with E-state index in [1.54, 1.807) is 19.0 Å². The minimum atomic E-state index is 0.0610. The van der Waals surface area contributed by atoms with E-state index in [1.165, 1.54) is 5.56 Å². The summed E-state index contributed by atoms with van der Waals surface area (Å²) in [7, 11) is 3.47. The molecule has 0 aliphatic heterocycles. The highest BCUT2D eigenvalue weighted by Crippen LogP contribution is 2.26. The normalized spacial score (nSPS) is 10.2. The number of rotatable bonds is 6. The van der Waals surface area contributed by atoms with Crippen molar-refractivity contribution in [1.82, 2.24) is 4.90 Å². The van der Waals surface area contributed by atoms with Crippen molar-refractivity contribution < 1.29 is 9.53 Å². The molecule has 1 amide bonds. The molecule has 1 aromatic rings. The third-order valence-electron chi connectivity index (χ3n) is 2.50. The predicted molar refractivity (Wildman–Crippen MR) is 75.7 cm³/mol. The van der Waals surface area contributed by atoms with Crippen molar-refractivity contribution in [2.75, 3.05) is 27.2 Å². The van der Waals surface area contributed by atoms with Crippen LogP contribution >= 0.6 is 15.9 Å². The fourth-order valence-electron chi connectivity index (χ4n) is 1.46. The smallest absolute Gasteiger partial charge is 0.225 e. The van der Waals surface area contributed by atoms with Gasteiger partial charge in [0.1, 0.15) is 5.75 Å². The molecule has 0 saturated heterocycles. The molecule has 0 aromatic heterocycles. The van der Waals surface area contributed by atoms with Crippen LogP contribution < -0.4 is 10.5 Å². The van der Waals surface area contributed by atoms with Crippen LogP contribution in [-0.2, 0) is 11.2 Å². The van der Waals surface area contributed by atoms with Gasteiger partial charge in [-0.05, 0) is 46.6 Å². The van der Waals surface area contributed by atoms with E-state index in [1.807, 2.05) is 18.2 Å². The molecule has 0 radical (unpaired) electrons. The van der Waals surface area contributed by atoms with Crippen molar-refractivity contribution in [3.8, 4) is 5.75 Å². The largest absolute Gasteiger partial charge is 0.492 e. The molecule has 4 nitrogen and oxygen atoms in total. The summed E-state index contributed by atoms with van der Waals surface area (Å²) in [4.78, 5) is 12.9. The summed E-state index contributed by atoms with van der Waals surface area (Å²) in [6.07, 6.45) is 1.22. The topological polar surface area (TPSA) is 55.6 Å². The number of carbonyl (C=O) groups excluding carboxylic acids is 1. The average molecular weight is 315 g/mol. The molecule has 100 valence electrons. The van der Waals surface area contributed by atoms with E-state index >= 15 is 0 Å². The van der Waals surface area contributed by atoms with Crippen LogP contribution in [0.1, 0.15) is 12.0 Å². The standard InChI is InChI=1S/C13H19BrN2O2/c1-16(2)13(17)6-8-18-12-4-3-10(5-7-15)9-11(12)14/h3-4,9H,5-8,15H2,1-2H3. The summed E-state index contributed by atoms with van der Waals surface area (Å²) >= 11 is 3.45. The van der Waals surface area contributed by atoms with Gasteiger partial charge in [0, 0.05) is 14.1 Å². The van der Waals surface area contributed by atoms with Gasteiger partial charge in [-0.25, -0.2) is 0 Å². The number of nitrogens with two attached hydrogens (primary N) is 1. The van der Waals surface area contributed by atoms with Crippen LogP contribution in [0.5, 0.6) is 5.75 Å². The van der Waals surface area contributed by atoms with Gasteiger partial charge in [-0.2, -0.15) is 0 Å². The van der Waals surface area contributed by atoms with Crippen molar-refractivity contribution in [3.63, 3.8) is 0 Å². The first-order valence-corrected chi connectivity index (χ1v) is 6.65. The van der Waals surface area contributed by atoms with Gasteiger partial charge >= 0.3 is 0 Å². The van der Waals surface area contributed by atoms with Gasteiger partial charge in [0.05, 0.1) is 17.5 Å². The Hall–Kier alpha value is -1.07. The lowest BCUT2D eigenvalue weighted by Gasteiger charge is -2.12. The highest BCUT2D eigenvalue weighted by molar-refractivity contribution is 9.10. The number of hydrogen-bond acceptors (Lipinski definition) is 3. The lowest BCUT2D eigenvalue weighted by Crippen LogP contribution is -2.23. The summed E-state index contributed by atoms with van der Waals surface area (Å²) in [5.74, 6) is 0.813. The minimum absolute atomic E-state index is 0.0610. The first kappa shape index (κ1) is 15.0. The van der Waals surface area contributed by atoms with E-state index in [0.717, 1.165) is 16.6 Å². The van der Waals surface area contributed by atoms with E-state index in [0.29, 0.717) is 19.6 Å². The van der Waals surface area contributed by atoms with Crippen LogP contribution in [0.2, 0.25) is 0 Å². The first-order valence-electron chi connectivity index (χ1n) is 5.86. The number of nitrogens with zero attached hydrogens (tertiary/aromatic N) is 1. The molecular weight excluding hydrogens is 296 g/mol. The summed E-state index contributed by atoms with van der Waals surface area (Å²) < 4.78 is 6.46. The van der Waals surface area contributed by atoms with E-state index in [-0.39, 0.29) is 5.91 Å². The van der Waals surface area contributed by atoms with Crippen LogP contribution in [0.15, 0.2) is 22.7 Å². The summed E-state index contributed by atoms with van der Waals surface area (Å²) in [5.41, 5.74) is 6.67. The molecule has 1 rings (SSSR count). The minimum Gasteiger partial charge on any atom is -0.492 e. The molecule has 1 aromatic carbocycles. The van der Waals surface area contributed by atoms with Crippen molar-refractivity contribution in [1.29, 1.82) is 0 Å². The quantitative estimate of drug-likeness (QED) is 0.871. The van der Waals surface area contributed by atoms with E-state index in [2.05, 4.69) is 15.9 Å². The molecule has 2 N–H and O–H groups in total. The molecule has 0 saturated carbocycles. The Balaban J connectivity index is 2.50. The molecule has 0 spiro atoms. The van der Waals surface area contributed by atoms with Crippen molar-refractivity contribution in [3.05, 3.63) is 28.2 Å². The monoisotopic (exact) mass is 314 g/mol. The Morgan fingerprint density at radius 3 is 2.72 bits per heavy atom. The zero-order valence-electron chi connectivity index (χ0n) is 10.8. The molecule has 0 aliphatic carbocycles. The van der Waals surface area contributed by atoms with E-state index in [4.69, 9.17) is 10.5 Å². The highest BCUT2D eigenvalue weighted by Gasteiger charge is 2.06. The predicted octanol–water partition coefficient (Wildman–Crippen LogP) is 1.81. The second kappa shape index (κ2) is 7.38. The number of benzene rings is 1. The second-order valence-electron chi connectivity index (χ2n) is 4.19. The third-order valence-corrected chi connectivity index (χ3v) is 3.12. The van der Waals surface area contributed by atoms with Gasteiger partial charge < -0.3 is 15.4 Å². The molecule has 0 fully saturated rings. The maximum absolute atomic E-state index is 11.4. The highest BCUT2D eigenvalue weighted by atomic mass is 79.9. The first-order chi connectivity index (χ1) is 8.54. The van der Waals surface area contributed by atoms with Crippen LogP contribution in [-0.4, -0.2) is 38.1 Å². The molecule has 0 bridgehead atoms. The SMILES string of the molecule is CN(C)C(=O)CCOc1ccc(CCN)cc1Br. The van der Waals surface area contributed by atoms with Gasteiger partial charge in [0.2, 0.25) is 5.91 Å². The number of ether oxygens (including phenoxy) is 1. The zero-order valence-corrected chi connectivity index (χ0v) is 12.4. The van der Waals surface area contributed by atoms with E-state index in [9.17, 15) is 4.79 Å². The molecule has 0 aliphatic rings. The second-order valence-corrected chi connectivity index (χ2v) is 5.04. The van der Waals surface area contributed by atoms with Crippen molar-refractivity contribution in [2.45, 2.75) is 12.8 Å². The van der Waals surface area contributed by atoms with Crippen LogP contribution in [0, 0.1) is 0 Å². The maximum Gasteiger partial charge on any atom is 0.225 e. The van der Waals surface area contributed by atoms with Gasteiger partial charge in [0.15, 0.2) is 0 Å². The van der Waals surface area contributed by atoms with Gasteiger partial charge in [-0.1, -0.05) is 6.07 Å². The van der Waals surface area contributed by atoms with Gasteiger partial charge in [-0.15, -0.1) is 0 Å². The van der Waals surface area contributed by atoms with Crippen LogP contribution in [0.4, 0.5) is 0 Å². The number of halogens is 1. The average Bonchev–Trinajstić information content (AvgIpc) is 2.32. The third kappa shape index (κ3) is 4.66. The molecule has 18 heavy (non-hydrogen) atoms. The molecule has 0 unspecified atom stereocenters. The lowest BCUT2D eigenvalue weighted by atomic mass is 10.1. The fraction of sp³-hybridized carbons (Fsp3) is 0.462. The Kier molecular flexibility index (Phi) is 6.15. The van der Waals surface area contributed by atoms with Crippen molar-refractivity contribution in [2.24, 2.45) is 5.73 Å². The Labute approximate surface area is 116 Å². The molecule has 0 heterocycles. The van der Waals surface area contributed by atoms with Gasteiger partial charge in [0.25, 0.3) is 0 Å². The number of carbonyl (C=O) groups is 1. The molecule has 5 heteroatoms. The zero-order chi connectivity index (χ0) is 13.5. The lowest BCUT2D eigenvalue weighted by molar-refractivity contribution is -0.129. The maximum atomic E-state index is 11.4. The fourth-order valence-corrected chi connectivity index (χ4v) is 2.00. The summed E-state index contributed by atoms with van der Waals surface area (Å²) in [6.45, 7) is 1.01. The molecule has 0 atom stereocenters. The van der Waals surface area contributed by atoms with Crippen LogP contribution in [0.25, 0.3) is 0 Å². The Morgan fingerprint density at radius 1 is 1.44 bits per heavy atom. The summed E-state index contributed by atoms with van der Waals surface area (Å²) in [5, 5.41) is 0. The Bertz CT molecular complexity index is 408. The Morgan fingerprint density at radius 2 is 2.17 bits per heavy atom. The number of hydrogen-bond donors (Lipinski definition) is 1. The summed E-state index contributed by atoms with van der Waals surface area (Å²) in [6, 6.07) is 5.88. The van der Waals surface area contributed by atoms with E-state index < -0.39 is 0 Å². The number of amides is 1. The van der Waals surface area contributed by atoms with Crippen LogP contribution in [0.3, 0.4) is 0 Å². The molecular formula is C13H19BrN2O2.